The number of nitrogens with zero attached hydrogens (tertiary/aromatic N) is 1. The van der Waals surface area contributed by atoms with E-state index in [9.17, 15) is 13.2 Å². The minimum atomic E-state index is -3.66. The fraction of sp³-hybridized carbons (Fsp3) is 0.227. The van der Waals surface area contributed by atoms with Crippen LogP contribution in [0.5, 0.6) is 5.75 Å². The lowest BCUT2D eigenvalue weighted by Gasteiger charge is -2.24. The molecule has 0 aliphatic carbocycles. The molecule has 0 unspecified atom stereocenters. The van der Waals surface area contributed by atoms with Gasteiger partial charge in [0.2, 0.25) is 15.9 Å². The van der Waals surface area contributed by atoms with Crippen molar-refractivity contribution in [3.05, 3.63) is 72.3 Å². The summed E-state index contributed by atoms with van der Waals surface area (Å²) in [5.41, 5.74) is 1.38. The molecule has 0 radical (unpaired) electrons. The van der Waals surface area contributed by atoms with Crippen LogP contribution in [-0.4, -0.2) is 34.2 Å². The summed E-state index contributed by atoms with van der Waals surface area (Å²) in [5, 5.41) is 4.55. The van der Waals surface area contributed by atoms with Crippen LogP contribution >= 0.6 is 0 Å². The summed E-state index contributed by atoms with van der Waals surface area (Å²) in [7, 11) is -2.07. The van der Waals surface area contributed by atoms with Crippen LogP contribution in [-0.2, 0) is 14.8 Å². The maximum absolute atomic E-state index is 12.7. The first-order chi connectivity index (χ1) is 13.8. The summed E-state index contributed by atoms with van der Waals surface area (Å²) in [5.74, 6) is 0.346. The normalized spacial score (nSPS) is 12.4. The fourth-order valence-corrected chi connectivity index (χ4v) is 4.07. The van der Waals surface area contributed by atoms with Crippen molar-refractivity contribution in [1.82, 2.24) is 5.32 Å². The molecular weight excluding hydrogens is 388 g/mol. The number of fused-ring (bicyclic) bond motifs is 1. The molecular formula is C22H24N2O4S. The van der Waals surface area contributed by atoms with E-state index in [0.717, 1.165) is 32.6 Å². The highest BCUT2D eigenvalue weighted by Crippen LogP contribution is 2.28. The summed E-state index contributed by atoms with van der Waals surface area (Å²) in [6, 6.07) is 20.0. The van der Waals surface area contributed by atoms with E-state index < -0.39 is 10.0 Å². The molecule has 7 heteroatoms. The van der Waals surface area contributed by atoms with Gasteiger partial charge in [0.1, 0.15) is 12.3 Å². The zero-order chi connectivity index (χ0) is 21.0. The molecule has 0 bridgehead atoms. The minimum absolute atomic E-state index is 0.276. The molecule has 1 atom stereocenters. The molecule has 0 aliphatic rings. The van der Waals surface area contributed by atoms with Crippen LogP contribution in [0.4, 0.5) is 5.69 Å². The van der Waals surface area contributed by atoms with Gasteiger partial charge in [-0.15, -0.1) is 0 Å². The molecule has 0 fully saturated rings. The minimum Gasteiger partial charge on any atom is -0.497 e. The number of hydrogen-bond acceptors (Lipinski definition) is 4. The van der Waals surface area contributed by atoms with E-state index in [1.54, 1.807) is 19.2 Å². The number of carbonyl (C=O) groups is 1. The highest BCUT2D eigenvalue weighted by atomic mass is 32.2. The van der Waals surface area contributed by atoms with Crippen molar-refractivity contribution in [2.45, 2.75) is 13.0 Å². The predicted octanol–water partition coefficient (Wildman–Crippen LogP) is 3.49. The maximum Gasteiger partial charge on any atom is 0.241 e. The predicted molar refractivity (Wildman–Crippen MR) is 116 cm³/mol. The summed E-state index contributed by atoms with van der Waals surface area (Å²) in [6.45, 7) is 1.55. The van der Waals surface area contributed by atoms with Gasteiger partial charge in [-0.1, -0.05) is 48.5 Å². The lowest BCUT2D eigenvalue weighted by Crippen LogP contribution is -2.41. The molecule has 0 spiro atoms. The lowest BCUT2D eigenvalue weighted by molar-refractivity contribution is -0.120. The molecule has 0 aliphatic heterocycles. The summed E-state index contributed by atoms with van der Waals surface area (Å²) in [6.07, 6.45) is 1.11. The van der Waals surface area contributed by atoms with E-state index in [1.807, 2.05) is 61.5 Å². The van der Waals surface area contributed by atoms with Crippen LogP contribution < -0.4 is 14.4 Å². The second-order valence-electron chi connectivity index (χ2n) is 6.83. The number of ether oxygens (including phenoxy) is 1. The molecule has 3 aromatic rings. The number of carbonyl (C=O) groups excluding carboxylic acids is 1. The van der Waals surface area contributed by atoms with Crippen molar-refractivity contribution in [3.63, 3.8) is 0 Å². The van der Waals surface area contributed by atoms with Crippen LogP contribution in [0.2, 0.25) is 0 Å². The van der Waals surface area contributed by atoms with Crippen molar-refractivity contribution < 1.29 is 17.9 Å². The van der Waals surface area contributed by atoms with E-state index in [4.69, 9.17) is 4.74 Å². The zero-order valence-corrected chi connectivity index (χ0v) is 17.4. The molecule has 0 saturated heterocycles. The van der Waals surface area contributed by atoms with Gasteiger partial charge in [0, 0.05) is 5.39 Å². The van der Waals surface area contributed by atoms with Crippen LogP contribution in [0.3, 0.4) is 0 Å². The Bertz CT molecular complexity index is 1110. The number of nitrogens with one attached hydrogen (secondary N) is 1. The van der Waals surface area contributed by atoms with Gasteiger partial charge in [-0.05, 0) is 36.1 Å². The Morgan fingerprint density at radius 2 is 1.69 bits per heavy atom. The summed E-state index contributed by atoms with van der Waals surface area (Å²) < 4.78 is 31.2. The monoisotopic (exact) mass is 412 g/mol. The van der Waals surface area contributed by atoms with Crippen LogP contribution in [0.15, 0.2) is 66.7 Å². The Balaban J connectivity index is 1.82. The van der Waals surface area contributed by atoms with Gasteiger partial charge in [-0.25, -0.2) is 8.42 Å². The Labute approximate surface area is 171 Å². The van der Waals surface area contributed by atoms with Gasteiger partial charge >= 0.3 is 0 Å². The van der Waals surface area contributed by atoms with Crippen LogP contribution in [0, 0.1) is 0 Å². The average Bonchev–Trinajstić information content (AvgIpc) is 2.71. The van der Waals surface area contributed by atoms with E-state index in [2.05, 4.69) is 5.32 Å². The highest BCUT2D eigenvalue weighted by molar-refractivity contribution is 7.92. The standard InChI is InChI=1S/C22H24N2O4S/c1-16(17-11-13-19(28-2)14-12-17)23-22(25)15-24(29(3,26)27)21-10-6-8-18-7-4-5-9-20(18)21/h4-14,16H,15H2,1-3H3,(H,23,25)/t16-/m1/s1. The molecule has 3 aromatic carbocycles. The first kappa shape index (κ1) is 20.7. The third-order valence-electron chi connectivity index (χ3n) is 4.72. The largest absolute Gasteiger partial charge is 0.497 e. The second-order valence-corrected chi connectivity index (χ2v) is 8.74. The van der Waals surface area contributed by atoms with Crippen molar-refractivity contribution in [3.8, 4) is 5.75 Å². The molecule has 29 heavy (non-hydrogen) atoms. The Morgan fingerprint density at radius 3 is 2.34 bits per heavy atom. The quantitative estimate of drug-likeness (QED) is 0.645. The first-order valence-corrected chi connectivity index (χ1v) is 11.0. The molecule has 1 N–H and O–H groups in total. The SMILES string of the molecule is COc1ccc([C@@H](C)NC(=O)CN(c2cccc3ccccc23)S(C)(=O)=O)cc1. The van der Waals surface area contributed by atoms with Crippen molar-refractivity contribution in [2.75, 3.05) is 24.2 Å². The van der Waals surface area contributed by atoms with E-state index >= 15 is 0 Å². The van der Waals surface area contributed by atoms with Gasteiger partial charge in [0.15, 0.2) is 0 Å². The number of benzene rings is 3. The third-order valence-corrected chi connectivity index (χ3v) is 5.84. The number of amides is 1. The molecule has 0 saturated carbocycles. The molecule has 0 heterocycles. The van der Waals surface area contributed by atoms with Crippen LogP contribution in [0.25, 0.3) is 10.8 Å². The smallest absolute Gasteiger partial charge is 0.241 e. The molecule has 3 rings (SSSR count). The number of anilines is 1. The van der Waals surface area contributed by atoms with E-state index in [-0.39, 0.29) is 18.5 Å². The molecule has 1 amide bonds. The Morgan fingerprint density at radius 1 is 1.03 bits per heavy atom. The topological polar surface area (TPSA) is 75.7 Å². The fourth-order valence-electron chi connectivity index (χ4n) is 3.20. The Kier molecular flexibility index (Phi) is 6.08. The molecule has 0 aromatic heterocycles. The summed E-state index contributed by atoms with van der Waals surface area (Å²) >= 11 is 0. The van der Waals surface area contributed by atoms with Gasteiger partial charge in [0.25, 0.3) is 0 Å². The van der Waals surface area contributed by atoms with Crippen molar-refractivity contribution in [1.29, 1.82) is 0 Å². The molecule has 152 valence electrons. The highest BCUT2D eigenvalue weighted by Gasteiger charge is 2.23. The molecule has 6 nitrogen and oxygen atoms in total. The van der Waals surface area contributed by atoms with Crippen molar-refractivity contribution >= 4 is 32.4 Å². The number of sulfonamides is 1. The van der Waals surface area contributed by atoms with Gasteiger partial charge in [0.05, 0.1) is 25.1 Å². The lowest BCUT2D eigenvalue weighted by atomic mass is 10.1. The number of rotatable bonds is 7. The number of hydrogen-bond donors (Lipinski definition) is 1. The van der Waals surface area contributed by atoms with Crippen molar-refractivity contribution in [2.24, 2.45) is 0 Å². The van der Waals surface area contributed by atoms with E-state index in [1.165, 1.54) is 0 Å². The van der Waals surface area contributed by atoms with Gasteiger partial charge in [-0.3, -0.25) is 9.10 Å². The number of methoxy groups -OCH3 is 1. The van der Waals surface area contributed by atoms with Gasteiger partial charge < -0.3 is 10.1 Å². The zero-order valence-electron chi connectivity index (χ0n) is 16.6. The Hall–Kier alpha value is -3.06. The van der Waals surface area contributed by atoms with E-state index in [0.29, 0.717) is 5.69 Å². The third kappa shape index (κ3) is 4.86. The maximum atomic E-state index is 12.7. The van der Waals surface area contributed by atoms with Gasteiger partial charge in [-0.2, -0.15) is 0 Å². The second kappa shape index (κ2) is 8.53. The summed E-state index contributed by atoms with van der Waals surface area (Å²) in [4.78, 5) is 12.7. The van der Waals surface area contributed by atoms with Crippen LogP contribution in [0.1, 0.15) is 18.5 Å². The first-order valence-electron chi connectivity index (χ1n) is 9.18. The average molecular weight is 413 g/mol.